The van der Waals surface area contributed by atoms with Gasteiger partial charge in [-0.25, -0.2) is 0 Å². The van der Waals surface area contributed by atoms with Gasteiger partial charge in [-0.3, -0.25) is 4.79 Å². The van der Waals surface area contributed by atoms with E-state index in [-0.39, 0.29) is 5.52 Å². The molecule has 1 N–H and O–H groups in total. The molecule has 2 rings (SSSR count). The topological polar surface area (TPSA) is 37.3 Å². The van der Waals surface area contributed by atoms with Gasteiger partial charge in [-0.1, -0.05) is 48.0 Å². The first-order chi connectivity index (χ1) is 9.00. The Morgan fingerprint density at radius 3 is 2.05 bits per heavy atom. The molecule has 19 heavy (non-hydrogen) atoms. The summed E-state index contributed by atoms with van der Waals surface area (Å²) in [7, 11) is -1.79. The van der Waals surface area contributed by atoms with E-state index in [1.165, 1.54) is 0 Å². The number of carbonyl (C=O) groups excluding carboxylic acids is 1. The lowest BCUT2D eigenvalue weighted by Crippen LogP contribution is -2.11. The van der Waals surface area contributed by atoms with Gasteiger partial charge in [-0.2, -0.15) is 0 Å². The van der Waals surface area contributed by atoms with Gasteiger partial charge in [0, 0.05) is 10.9 Å². The first-order valence-electron chi connectivity index (χ1n) is 6.17. The summed E-state index contributed by atoms with van der Waals surface area (Å²) in [5.41, 5.74) is 3.48. The van der Waals surface area contributed by atoms with Crippen LogP contribution in [0.4, 0.5) is 0 Å². The van der Waals surface area contributed by atoms with Gasteiger partial charge in [0.1, 0.15) is 8.15 Å². The van der Waals surface area contributed by atoms with Gasteiger partial charge < -0.3 is 4.89 Å². The van der Waals surface area contributed by atoms with Gasteiger partial charge in [-0.05, 0) is 31.9 Å². The summed E-state index contributed by atoms with van der Waals surface area (Å²) in [6.45, 7) is 5.84. The van der Waals surface area contributed by atoms with Crippen molar-refractivity contribution in [3.63, 3.8) is 0 Å². The van der Waals surface area contributed by atoms with Crippen molar-refractivity contribution in [3.8, 4) is 0 Å². The van der Waals surface area contributed by atoms with E-state index in [9.17, 15) is 9.69 Å². The van der Waals surface area contributed by atoms with Crippen LogP contribution < -0.4 is 5.30 Å². The van der Waals surface area contributed by atoms with E-state index in [4.69, 9.17) is 0 Å². The molecular formula is C16H17O2P. The number of rotatable bonds is 3. The SMILES string of the molecule is Cc1cc(C)c(C(=O)P(O)c2ccccc2)c(C)c1. The molecule has 98 valence electrons. The van der Waals surface area contributed by atoms with Crippen LogP contribution in [0.1, 0.15) is 27.0 Å². The zero-order valence-corrected chi connectivity index (χ0v) is 12.2. The van der Waals surface area contributed by atoms with Crippen molar-refractivity contribution in [1.29, 1.82) is 0 Å². The minimum atomic E-state index is -1.79. The van der Waals surface area contributed by atoms with Crippen molar-refractivity contribution >= 4 is 19.0 Å². The fraction of sp³-hybridized carbons (Fsp3) is 0.188. The van der Waals surface area contributed by atoms with E-state index < -0.39 is 8.15 Å². The summed E-state index contributed by atoms with van der Waals surface area (Å²) in [6, 6.07) is 13.1. The normalized spacial score (nSPS) is 12.2. The second-order valence-electron chi connectivity index (χ2n) is 4.73. The molecule has 2 aromatic rings. The third-order valence-corrected chi connectivity index (χ3v) is 4.48. The molecule has 0 aromatic heterocycles. The summed E-state index contributed by atoms with van der Waals surface area (Å²) in [5, 5.41) is 0.696. The van der Waals surface area contributed by atoms with E-state index >= 15 is 0 Å². The van der Waals surface area contributed by atoms with Crippen LogP contribution in [0.15, 0.2) is 42.5 Å². The van der Waals surface area contributed by atoms with Crippen molar-refractivity contribution in [2.45, 2.75) is 20.8 Å². The molecule has 2 nitrogen and oxygen atoms in total. The Morgan fingerprint density at radius 1 is 1.00 bits per heavy atom. The molecule has 0 amide bonds. The summed E-state index contributed by atoms with van der Waals surface area (Å²) < 4.78 is 0. The lowest BCUT2D eigenvalue weighted by Gasteiger charge is -2.14. The summed E-state index contributed by atoms with van der Waals surface area (Å²) in [6.07, 6.45) is 0. The highest BCUT2D eigenvalue weighted by atomic mass is 31.1. The Hall–Kier alpha value is -1.50. The molecule has 1 unspecified atom stereocenters. The van der Waals surface area contributed by atoms with Crippen LogP contribution >= 0.6 is 8.15 Å². The fourth-order valence-corrected chi connectivity index (χ4v) is 3.56. The molecule has 0 aliphatic carbocycles. The predicted octanol–water partition coefficient (Wildman–Crippen LogP) is 3.47. The maximum Gasteiger partial charge on any atom is 0.216 e. The average molecular weight is 272 g/mol. The minimum Gasteiger partial charge on any atom is -0.362 e. The van der Waals surface area contributed by atoms with Crippen molar-refractivity contribution in [1.82, 2.24) is 0 Å². The van der Waals surface area contributed by atoms with Crippen molar-refractivity contribution < 1.29 is 9.69 Å². The van der Waals surface area contributed by atoms with Gasteiger partial charge in [0.05, 0.1) is 0 Å². The Labute approximate surface area is 114 Å². The lowest BCUT2D eigenvalue weighted by molar-refractivity contribution is 0.107. The zero-order chi connectivity index (χ0) is 14.0. The molecule has 0 spiro atoms. The molecule has 2 aromatic carbocycles. The van der Waals surface area contributed by atoms with Gasteiger partial charge >= 0.3 is 0 Å². The molecule has 3 heteroatoms. The van der Waals surface area contributed by atoms with Crippen LogP contribution in [-0.2, 0) is 0 Å². The quantitative estimate of drug-likeness (QED) is 0.869. The second kappa shape index (κ2) is 5.64. The van der Waals surface area contributed by atoms with E-state index in [1.807, 2.05) is 51.1 Å². The zero-order valence-electron chi connectivity index (χ0n) is 11.3. The lowest BCUT2D eigenvalue weighted by atomic mass is 10.0. The maximum absolute atomic E-state index is 12.5. The minimum absolute atomic E-state index is 0.170. The highest BCUT2D eigenvalue weighted by Crippen LogP contribution is 2.36. The summed E-state index contributed by atoms with van der Waals surface area (Å²) in [5.74, 6) is 0. The number of carbonyl (C=O) groups is 1. The molecule has 0 aliphatic rings. The van der Waals surface area contributed by atoms with Crippen molar-refractivity contribution in [2.24, 2.45) is 0 Å². The third kappa shape index (κ3) is 2.91. The van der Waals surface area contributed by atoms with Crippen molar-refractivity contribution in [2.75, 3.05) is 0 Å². The van der Waals surface area contributed by atoms with E-state index in [2.05, 4.69) is 0 Å². The standard InChI is InChI=1S/C16H17O2P/c1-11-9-12(2)15(13(3)10-11)16(17)19(18)14-7-5-4-6-8-14/h4-10,18H,1-3H3. The molecule has 0 aliphatic heterocycles. The first kappa shape index (κ1) is 13.9. The molecule has 0 fully saturated rings. The molecule has 0 radical (unpaired) electrons. The smallest absolute Gasteiger partial charge is 0.216 e. The van der Waals surface area contributed by atoms with E-state index in [1.54, 1.807) is 12.1 Å². The molecular weight excluding hydrogens is 255 g/mol. The fourth-order valence-electron chi connectivity index (χ4n) is 2.31. The van der Waals surface area contributed by atoms with Gasteiger partial charge in [0.25, 0.3) is 0 Å². The average Bonchev–Trinajstić information content (AvgIpc) is 2.37. The van der Waals surface area contributed by atoms with Gasteiger partial charge in [0.2, 0.25) is 5.52 Å². The van der Waals surface area contributed by atoms with Crippen LogP contribution in [0.5, 0.6) is 0 Å². The van der Waals surface area contributed by atoms with Gasteiger partial charge in [0.15, 0.2) is 0 Å². The molecule has 0 saturated heterocycles. The van der Waals surface area contributed by atoms with Crippen LogP contribution in [0.25, 0.3) is 0 Å². The number of hydrogen-bond acceptors (Lipinski definition) is 2. The third-order valence-electron chi connectivity index (χ3n) is 3.08. The van der Waals surface area contributed by atoms with Crippen LogP contribution in [-0.4, -0.2) is 10.4 Å². The number of hydrogen-bond donors (Lipinski definition) is 1. The summed E-state index contributed by atoms with van der Waals surface area (Å²) in [4.78, 5) is 22.8. The Bertz CT molecular complexity index is 582. The highest BCUT2D eigenvalue weighted by Gasteiger charge is 2.22. The highest BCUT2D eigenvalue weighted by molar-refractivity contribution is 7.77. The van der Waals surface area contributed by atoms with E-state index in [0.29, 0.717) is 10.9 Å². The molecule has 0 heterocycles. The van der Waals surface area contributed by atoms with Gasteiger partial charge in [-0.15, -0.1) is 0 Å². The Balaban J connectivity index is 2.40. The van der Waals surface area contributed by atoms with Crippen LogP contribution in [0.2, 0.25) is 0 Å². The predicted molar refractivity (Wildman–Crippen MR) is 80.2 cm³/mol. The molecule has 1 atom stereocenters. The number of benzene rings is 2. The Morgan fingerprint density at radius 2 is 1.53 bits per heavy atom. The van der Waals surface area contributed by atoms with Crippen LogP contribution in [0, 0.1) is 20.8 Å². The maximum atomic E-state index is 12.5. The summed E-state index contributed by atoms with van der Waals surface area (Å²) >= 11 is 0. The largest absolute Gasteiger partial charge is 0.362 e. The Kier molecular flexibility index (Phi) is 4.14. The van der Waals surface area contributed by atoms with Crippen molar-refractivity contribution in [3.05, 3.63) is 64.7 Å². The monoisotopic (exact) mass is 272 g/mol. The molecule has 0 bridgehead atoms. The number of aryl methyl sites for hydroxylation is 3. The second-order valence-corrected chi connectivity index (χ2v) is 6.27. The molecule has 0 saturated carbocycles. The first-order valence-corrected chi connectivity index (χ1v) is 7.46. The van der Waals surface area contributed by atoms with Crippen LogP contribution in [0.3, 0.4) is 0 Å². The van der Waals surface area contributed by atoms with E-state index in [0.717, 1.165) is 16.7 Å².